The van der Waals surface area contributed by atoms with Crippen molar-refractivity contribution >= 4 is 34.1 Å². The standard InChI is InChI=1S/C20H24N6OS2/c1-2-14-8-10-15(11-9-14)17-12-28-19(21-17)22-18(27)13-29-20-23-24-25-26(20)16-6-4-3-5-7-16/h8-12,16H,2-7,13H2,1H3,(H,21,22,27). The minimum atomic E-state index is -0.101. The van der Waals surface area contributed by atoms with Crippen LogP contribution in [-0.2, 0) is 11.2 Å². The highest BCUT2D eigenvalue weighted by Gasteiger charge is 2.21. The fourth-order valence-electron chi connectivity index (χ4n) is 3.50. The van der Waals surface area contributed by atoms with Crippen LogP contribution in [0.1, 0.15) is 50.6 Å². The van der Waals surface area contributed by atoms with E-state index < -0.39 is 0 Å². The van der Waals surface area contributed by atoms with Crippen molar-refractivity contribution < 1.29 is 4.79 Å². The Balaban J connectivity index is 1.32. The molecule has 0 radical (unpaired) electrons. The van der Waals surface area contributed by atoms with Gasteiger partial charge in [0.1, 0.15) is 0 Å². The van der Waals surface area contributed by atoms with Crippen molar-refractivity contribution in [3.8, 4) is 11.3 Å². The van der Waals surface area contributed by atoms with Gasteiger partial charge in [0, 0.05) is 10.9 Å². The summed E-state index contributed by atoms with van der Waals surface area (Å²) in [6, 6.07) is 8.71. The number of amides is 1. The number of thiazole rings is 1. The second-order valence-corrected chi connectivity index (χ2v) is 8.92. The van der Waals surface area contributed by atoms with Crippen LogP contribution in [0.5, 0.6) is 0 Å². The number of benzene rings is 1. The molecule has 1 fully saturated rings. The van der Waals surface area contributed by atoms with Gasteiger partial charge >= 0.3 is 0 Å². The van der Waals surface area contributed by atoms with E-state index in [-0.39, 0.29) is 11.7 Å². The lowest BCUT2D eigenvalue weighted by molar-refractivity contribution is -0.113. The van der Waals surface area contributed by atoms with Gasteiger partial charge < -0.3 is 5.32 Å². The summed E-state index contributed by atoms with van der Waals surface area (Å²) in [5, 5.41) is 18.2. The molecule has 7 nitrogen and oxygen atoms in total. The Morgan fingerprint density at radius 1 is 1.24 bits per heavy atom. The highest BCUT2D eigenvalue weighted by molar-refractivity contribution is 7.99. The second kappa shape index (κ2) is 9.49. The monoisotopic (exact) mass is 428 g/mol. The number of carbonyl (C=O) groups excluding carboxylic acids is 1. The number of aryl methyl sites for hydroxylation is 1. The zero-order chi connectivity index (χ0) is 20.1. The summed E-state index contributed by atoms with van der Waals surface area (Å²) >= 11 is 2.81. The average Bonchev–Trinajstić information content (AvgIpc) is 3.42. The molecule has 0 aliphatic heterocycles. The van der Waals surface area contributed by atoms with E-state index in [0.29, 0.717) is 16.3 Å². The molecule has 29 heavy (non-hydrogen) atoms. The quantitative estimate of drug-likeness (QED) is 0.554. The number of tetrazole rings is 1. The Hall–Kier alpha value is -2.26. The van der Waals surface area contributed by atoms with E-state index >= 15 is 0 Å². The van der Waals surface area contributed by atoms with Crippen LogP contribution >= 0.6 is 23.1 Å². The molecule has 0 saturated heterocycles. The summed E-state index contributed by atoms with van der Waals surface area (Å²) in [5.74, 6) is 0.156. The van der Waals surface area contributed by atoms with Gasteiger partial charge in [-0.05, 0) is 35.3 Å². The first-order valence-corrected chi connectivity index (χ1v) is 11.8. The van der Waals surface area contributed by atoms with Gasteiger partial charge in [-0.2, -0.15) is 0 Å². The molecule has 0 unspecified atom stereocenters. The SMILES string of the molecule is CCc1ccc(-c2csc(NC(=O)CSc3nnnn3C3CCCCC3)n2)cc1. The summed E-state index contributed by atoms with van der Waals surface area (Å²) in [7, 11) is 0. The van der Waals surface area contributed by atoms with Gasteiger partial charge in [-0.15, -0.1) is 16.4 Å². The van der Waals surface area contributed by atoms with Gasteiger partial charge in [-0.25, -0.2) is 9.67 Å². The third-order valence-electron chi connectivity index (χ3n) is 5.12. The fraction of sp³-hybridized carbons (Fsp3) is 0.450. The summed E-state index contributed by atoms with van der Waals surface area (Å²) in [6.07, 6.45) is 6.92. The highest BCUT2D eigenvalue weighted by Crippen LogP contribution is 2.30. The first kappa shape index (κ1) is 20.0. The molecule has 1 N–H and O–H groups in total. The zero-order valence-corrected chi connectivity index (χ0v) is 18.0. The van der Waals surface area contributed by atoms with Crippen LogP contribution in [0, 0.1) is 0 Å². The molecular formula is C20H24N6OS2. The number of hydrogen-bond acceptors (Lipinski definition) is 7. The lowest BCUT2D eigenvalue weighted by Crippen LogP contribution is -2.17. The summed E-state index contributed by atoms with van der Waals surface area (Å²) in [5.41, 5.74) is 3.23. The summed E-state index contributed by atoms with van der Waals surface area (Å²) < 4.78 is 1.89. The van der Waals surface area contributed by atoms with Gasteiger partial charge in [0.05, 0.1) is 17.5 Å². The summed E-state index contributed by atoms with van der Waals surface area (Å²) in [4.78, 5) is 16.9. The third-order valence-corrected chi connectivity index (χ3v) is 6.82. The first-order chi connectivity index (χ1) is 14.2. The molecule has 0 spiro atoms. The topological polar surface area (TPSA) is 85.6 Å². The largest absolute Gasteiger partial charge is 0.301 e. The van der Waals surface area contributed by atoms with Crippen LogP contribution in [0.25, 0.3) is 11.3 Å². The van der Waals surface area contributed by atoms with E-state index in [1.54, 1.807) is 0 Å². The predicted molar refractivity (Wildman–Crippen MR) is 116 cm³/mol. The molecule has 1 saturated carbocycles. The predicted octanol–water partition coefficient (Wildman–Crippen LogP) is 4.60. The first-order valence-electron chi connectivity index (χ1n) is 9.98. The van der Waals surface area contributed by atoms with Crippen LogP contribution in [0.4, 0.5) is 5.13 Å². The van der Waals surface area contributed by atoms with Crippen LogP contribution in [0.2, 0.25) is 0 Å². The van der Waals surface area contributed by atoms with Gasteiger partial charge in [-0.1, -0.05) is 62.2 Å². The average molecular weight is 429 g/mol. The third kappa shape index (κ3) is 5.02. The van der Waals surface area contributed by atoms with Crippen molar-refractivity contribution in [3.63, 3.8) is 0 Å². The van der Waals surface area contributed by atoms with Gasteiger partial charge in [0.15, 0.2) is 5.13 Å². The molecule has 1 aliphatic carbocycles. The van der Waals surface area contributed by atoms with Crippen molar-refractivity contribution in [2.24, 2.45) is 0 Å². The maximum Gasteiger partial charge on any atom is 0.236 e. The molecule has 1 amide bonds. The molecular weight excluding hydrogens is 404 g/mol. The van der Waals surface area contributed by atoms with E-state index in [1.807, 2.05) is 10.1 Å². The number of thioether (sulfide) groups is 1. The molecule has 0 atom stereocenters. The van der Waals surface area contributed by atoms with Crippen molar-refractivity contribution in [3.05, 3.63) is 35.2 Å². The minimum Gasteiger partial charge on any atom is -0.301 e. The van der Waals surface area contributed by atoms with Crippen molar-refractivity contribution in [2.45, 2.75) is 56.6 Å². The van der Waals surface area contributed by atoms with E-state index in [9.17, 15) is 4.79 Å². The molecule has 9 heteroatoms. The van der Waals surface area contributed by atoms with E-state index in [0.717, 1.165) is 30.5 Å². The maximum atomic E-state index is 12.4. The number of rotatable bonds is 7. The summed E-state index contributed by atoms with van der Waals surface area (Å²) in [6.45, 7) is 2.14. The Bertz CT molecular complexity index is 946. The molecule has 2 heterocycles. The molecule has 2 aromatic heterocycles. The van der Waals surface area contributed by atoms with Crippen LogP contribution in [0.15, 0.2) is 34.8 Å². The number of nitrogens with zero attached hydrogens (tertiary/aromatic N) is 5. The molecule has 0 bridgehead atoms. The second-order valence-electron chi connectivity index (χ2n) is 7.12. The van der Waals surface area contributed by atoms with Crippen LogP contribution in [0.3, 0.4) is 0 Å². The molecule has 152 valence electrons. The minimum absolute atomic E-state index is 0.101. The van der Waals surface area contributed by atoms with Gasteiger partial charge in [-0.3, -0.25) is 4.79 Å². The fourth-order valence-corrected chi connectivity index (χ4v) is 4.98. The van der Waals surface area contributed by atoms with Crippen molar-refractivity contribution in [2.75, 3.05) is 11.1 Å². The Kier molecular flexibility index (Phi) is 6.56. The zero-order valence-electron chi connectivity index (χ0n) is 16.4. The molecule has 1 aromatic carbocycles. The maximum absolute atomic E-state index is 12.4. The lowest BCUT2D eigenvalue weighted by Gasteiger charge is -2.21. The number of hydrogen-bond donors (Lipinski definition) is 1. The molecule has 3 aromatic rings. The van der Waals surface area contributed by atoms with E-state index in [2.05, 4.69) is 57.0 Å². The number of aromatic nitrogens is 5. The van der Waals surface area contributed by atoms with Crippen LogP contribution < -0.4 is 5.32 Å². The Morgan fingerprint density at radius 2 is 2.03 bits per heavy atom. The van der Waals surface area contributed by atoms with Gasteiger partial charge in [0.25, 0.3) is 0 Å². The van der Waals surface area contributed by atoms with E-state index in [4.69, 9.17) is 0 Å². The van der Waals surface area contributed by atoms with E-state index in [1.165, 1.54) is 47.9 Å². The lowest BCUT2D eigenvalue weighted by atomic mass is 9.96. The van der Waals surface area contributed by atoms with Gasteiger partial charge in [0.2, 0.25) is 11.1 Å². The Labute approximate surface area is 178 Å². The molecule has 4 rings (SSSR count). The number of nitrogens with one attached hydrogen (secondary N) is 1. The van der Waals surface area contributed by atoms with Crippen molar-refractivity contribution in [1.82, 2.24) is 25.2 Å². The van der Waals surface area contributed by atoms with Crippen molar-refractivity contribution in [1.29, 1.82) is 0 Å². The number of anilines is 1. The normalized spacial score (nSPS) is 14.8. The highest BCUT2D eigenvalue weighted by atomic mass is 32.2. The molecule has 1 aliphatic rings. The Morgan fingerprint density at radius 3 is 2.79 bits per heavy atom. The van der Waals surface area contributed by atoms with Crippen LogP contribution in [-0.4, -0.2) is 36.9 Å². The number of carbonyl (C=O) groups is 1. The smallest absolute Gasteiger partial charge is 0.236 e.